The molecule has 2 saturated heterocycles. The topological polar surface area (TPSA) is 44.4 Å². The van der Waals surface area contributed by atoms with Crippen molar-refractivity contribution in [2.45, 2.75) is 63.8 Å². The SMILES string of the molecule is CC(CC(=O)NCC1(N2CCSCC2)CCCCC1)C1CCCNC1.Cl.Cl. The first-order valence-corrected chi connectivity index (χ1v) is 11.7. The lowest BCUT2D eigenvalue weighted by molar-refractivity contribution is -0.123. The van der Waals surface area contributed by atoms with Gasteiger partial charge in [0.2, 0.25) is 5.91 Å². The van der Waals surface area contributed by atoms with E-state index >= 15 is 0 Å². The van der Waals surface area contributed by atoms with Crippen molar-refractivity contribution in [3.63, 3.8) is 0 Å². The molecule has 0 bridgehead atoms. The lowest BCUT2D eigenvalue weighted by Gasteiger charge is -2.48. The predicted octanol–water partition coefficient (Wildman–Crippen LogP) is 3.72. The number of piperidine rings is 1. The molecule has 0 aromatic rings. The van der Waals surface area contributed by atoms with Gasteiger partial charge in [-0.05, 0) is 50.6 Å². The summed E-state index contributed by atoms with van der Waals surface area (Å²) in [4.78, 5) is 15.3. The average Bonchev–Trinajstić information content (AvgIpc) is 2.68. The molecule has 1 amide bonds. The first-order valence-electron chi connectivity index (χ1n) is 10.5. The van der Waals surface area contributed by atoms with Crippen molar-refractivity contribution in [3.8, 4) is 0 Å². The quantitative estimate of drug-likeness (QED) is 0.661. The highest BCUT2D eigenvalue weighted by molar-refractivity contribution is 7.99. The minimum Gasteiger partial charge on any atom is -0.354 e. The van der Waals surface area contributed by atoms with E-state index in [1.807, 2.05) is 0 Å². The fourth-order valence-electron chi connectivity index (χ4n) is 5.01. The smallest absolute Gasteiger partial charge is 0.220 e. The fourth-order valence-corrected chi connectivity index (χ4v) is 5.91. The number of thioether (sulfide) groups is 1. The number of carbonyl (C=O) groups is 1. The first kappa shape index (κ1) is 25.4. The molecule has 3 aliphatic rings. The van der Waals surface area contributed by atoms with E-state index in [4.69, 9.17) is 0 Å². The molecule has 3 rings (SSSR count). The van der Waals surface area contributed by atoms with Crippen LogP contribution >= 0.6 is 36.6 Å². The largest absolute Gasteiger partial charge is 0.354 e. The molecule has 2 heterocycles. The second-order valence-corrected chi connectivity index (χ2v) is 9.67. The molecule has 160 valence electrons. The van der Waals surface area contributed by atoms with Gasteiger partial charge in [0.25, 0.3) is 0 Å². The summed E-state index contributed by atoms with van der Waals surface area (Å²) in [5.41, 5.74) is 0.241. The lowest BCUT2D eigenvalue weighted by Crippen LogP contribution is -2.59. The molecule has 1 aliphatic carbocycles. The summed E-state index contributed by atoms with van der Waals surface area (Å²) in [6.07, 6.45) is 9.76. The summed E-state index contributed by atoms with van der Waals surface area (Å²) < 4.78 is 0. The maximum absolute atomic E-state index is 12.6. The Morgan fingerprint density at radius 2 is 1.89 bits per heavy atom. The highest BCUT2D eigenvalue weighted by atomic mass is 35.5. The van der Waals surface area contributed by atoms with Gasteiger partial charge in [0, 0.05) is 43.1 Å². The number of nitrogens with zero attached hydrogens (tertiary/aromatic N) is 1. The summed E-state index contributed by atoms with van der Waals surface area (Å²) in [6.45, 7) is 7.76. The number of amides is 1. The molecule has 27 heavy (non-hydrogen) atoms. The van der Waals surface area contributed by atoms with Crippen LogP contribution in [0.15, 0.2) is 0 Å². The fraction of sp³-hybridized carbons (Fsp3) is 0.950. The van der Waals surface area contributed by atoms with Gasteiger partial charge in [0.1, 0.15) is 0 Å². The Kier molecular flexibility index (Phi) is 12.0. The molecule has 0 radical (unpaired) electrons. The zero-order valence-electron chi connectivity index (χ0n) is 16.8. The van der Waals surface area contributed by atoms with Crippen molar-refractivity contribution in [1.82, 2.24) is 15.5 Å². The van der Waals surface area contributed by atoms with Gasteiger partial charge in [-0.1, -0.05) is 26.2 Å². The van der Waals surface area contributed by atoms with Gasteiger partial charge in [-0.15, -0.1) is 24.8 Å². The number of nitrogens with one attached hydrogen (secondary N) is 2. The van der Waals surface area contributed by atoms with Gasteiger partial charge in [-0.3, -0.25) is 9.69 Å². The Labute approximate surface area is 182 Å². The molecule has 0 aromatic heterocycles. The predicted molar refractivity (Wildman–Crippen MR) is 122 cm³/mol. The van der Waals surface area contributed by atoms with Crippen LogP contribution in [0.1, 0.15) is 58.3 Å². The minimum atomic E-state index is 0. The molecule has 0 spiro atoms. The van der Waals surface area contributed by atoms with Gasteiger partial charge in [-0.2, -0.15) is 11.8 Å². The van der Waals surface area contributed by atoms with Crippen LogP contribution in [-0.2, 0) is 4.79 Å². The highest BCUT2D eigenvalue weighted by Gasteiger charge is 2.38. The molecule has 2 N–H and O–H groups in total. The van der Waals surface area contributed by atoms with Crippen molar-refractivity contribution in [3.05, 3.63) is 0 Å². The lowest BCUT2D eigenvalue weighted by atomic mass is 9.79. The summed E-state index contributed by atoms with van der Waals surface area (Å²) in [6, 6.07) is 0. The summed E-state index contributed by atoms with van der Waals surface area (Å²) in [5, 5.41) is 6.83. The van der Waals surface area contributed by atoms with E-state index in [1.54, 1.807) is 0 Å². The zero-order chi connectivity index (χ0) is 17.5. The van der Waals surface area contributed by atoms with Crippen LogP contribution in [0.2, 0.25) is 0 Å². The van der Waals surface area contributed by atoms with Crippen molar-refractivity contribution in [2.75, 3.05) is 44.2 Å². The summed E-state index contributed by atoms with van der Waals surface area (Å²) in [7, 11) is 0. The number of rotatable bonds is 6. The third kappa shape index (κ3) is 7.26. The molecule has 2 unspecified atom stereocenters. The van der Waals surface area contributed by atoms with Crippen molar-refractivity contribution >= 4 is 42.5 Å². The van der Waals surface area contributed by atoms with Crippen molar-refractivity contribution in [2.24, 2.45) is 11.8 Å². The van der Waals surface area contributed by atoms with E-state index in [2.05, 4.69) is 34.2 Å². The van der Waals surface area contributed by atoms with Crippen LogP contribution in [0.3, 0.4) is 0 Å². The Hall–Kier alpha value is 0.320. The Bertz CT molecular complexity index is 423. The maximum atomic E-state index is 12.6. The Balaban J connectivity index is 0.00000182. The molecule has 0 aromatic carbocycles. The van der Waals surface area contributed by atoms with Gasteiger partial charge in [-0.25, -0.2) is 0 Å². The third-order valence-electron chi connectivity index (χ3n) is 6.73. The van der Waals surface area contributed by atoms with E-state index < -0.39 is 0 Å². The van der Waals surface area contributed by atoms with Crippen LogP contribution in [0.5, 0.6) is 0 Å². The first-order chi connectivity index (χ1) is 12.2. The third-order valence-corrected chi connectivity index (χ3v) is 7.67. The van der Waals surface area contributed by atoms with E-state index in [1.165, 1.54) is 69.5 Å². The highest BCUT2D eigenvalue weighted by Crippen LogP contribution is 2.35. The number of carbonyl (C=O) groups excluding carboxylic acids is 1. The van der Waals surface area contributed by atoms with E-state index in [0.717, 1.165) is 19.6 Å². The second-order valence-electron chi connectivity index (χ2n) is 8.45. The van der Waals surface area contributed by atoms with Crippen LogP contribution < -0.4 is 10.6 Å². The van der Waals surface area contributed by atoms with E-state index in [-0.39, 0.29) is 36.3 Å². The van der Waals surface area contributed by atoms with Crippen molar-refractivity contribution in [1.29, 1.82) is 0 Å². The second kappa shape index (κ2) is 12.8. The number of halogens is 2. The Morgan fingerprint density at radius 1 is 1.19 bits per heavy atom. The monoisotopic (exact) mass is 439 g/mol. The van der Waals surface area contributed by atoms with Crippen LogP contribution in [0.25, 0.3) is 0 Å². The van der Waals surface area contributed by atoms with Crippen molar-refractivity contribution < 1.29 is 4.79 Å². The molecule has 1 saturated carbocycles. The molecule has 7 heteroatoms. The summed E-state index contributed by atoms with van der Waals surface area (Å²) in [5.74, 6) is 3.93. The number of hydrogen-bond donors (Lipinski definition) is 2. The molecule has 2 atom stereocenters. The molecule has 3 fully saturated rings. The molecular formula is C20H39Cl2N3OS. The van der Waals surface area contributed by atoms with Gasteiger partial charge in [0.05, 0.1) is 0 Å². The average molecular weight is 441 g/mol. The van der Waals surface area contributed by atoms with Gasteiger partial charge < -0.3 is 10.6 Å². The normalized spacial score (nSPS) is 26.9. The molecule has 2 aliphatic heterocycles. The molecular weight excluding hydrogens is 401 g/mol. The van der Waals surface area contributed by atoms with Crippen LogP contribution in [0.4, 0.5) is 0 Å². The molecule has 4 nitrogen and oxygen atoms in total. The van der Waals surface area contributed by atoms with E-state index in [0.29, 0.717) is 18.3 Å². The van der Waals surface area contributed by atoms with Gasteiger partial charge in [0.15, 0.2) is 0 Å². The standard InChI is InChI=1S/C20H37N3OS.2ClH/c1-17(18-6-5-9-21-15-18)14-19(24)22-16-20(7-3-2-4-8-20)23-10-12-25-13-11-23;;/h17-18,21H,2-16H2,1H3,(H,22,24);2*1H. The minimum absolute atomic E-state index is 0. The van der Waals surface area contributed by atoms with Gasteiger partial charge >= 0.3 is 0 Å². The number of hydrogen-bond acceptors (Lipinski definition) is 4. The van der Waals surface area contributed by atoms with Crippen LogP contribution in [0, 0.1) is 11.8 Å². The zero-order valence-corrected chi connectivity index (χ0v) is 19.3. The van der Waals surface area contributed by atoms with Crippen LogP contribution in [-0.4, -0.2) is 60.6 Å². The maximum Gasteiger partial charge on any atom is 0.220 e. The summed E-state index contributed by atoms with van der Waals surface area (Å²) >= 11 is 2.08. The van der Waals surface area contributed by atoms with E-state index in [9.17, 15) is 4.79 Å². The Morgan fingerprint density at radius 3 is 2.52 bits per heavy atom.